The van der Waals surface area contributed by atoms with Crippen molar-refractivity contribution in [3.63, 3.8) is 0 Å². The highest BCUT2D eigenvalue weighted by molar-refractivity contribution is 6.27. The van der Waals surface area contributed by atoms with E-state index in [2.05, 4.69) is 21.6 Å². The van der Waals surface area contributed by atoms with Crippen LogP contribution in [0, 0.1) is 17.1 Å². The van der Waals surface area contributed by atoms with Gasteiger partial charge in [-0.25, -0.2) is 9.37 Å². The summed E-state index contributed by atoms with van der Waals surface area (Å²) in [5, 5.41) is 21.3. The van der Waals surface area contributed by atoms with Crippen LogP contribution in [-0.4, -0.2) is 45.9 Å². The highest BCUT2D eigenvalue weighted by Gasteiger charge is 2.35. The topological polar surface area (TPSA) is 109 Å². The normalized spacial score (nSPS) is 15.1. The molecule has 0 spiro atoms. The summed E-state index contributed by atoms with van der Waals surface area (Å²) in [6.45, 7) is -1.53. The molecule has 3 aromatic carbocycles. The molecule has 9 nitrogen and oxygen atoms in total. The molecule has 0 atom stereocenters. The Balaban J connectivity index is 1.38. The quantitative estimate of drug-likeness (QED) is 0.228. The standard InChI is InChI=1S/C33H28FN7O2/c1-40-18-37-39-32(40)24-11-19(16-35)3-6-23(24)22-14-28(21-4-5-21)38-30(15-22)41-29-8-7-27(34)25-12-20(17-36-9-10-43-2)13-26(31(25)29)33(41)42/h3,6-8,11-15,18,21,36H,4-5,9-10,17H2,1-2H3/i17D2. The summed E-state index contributed by atoms with van der Waals surface area (Å²) in [7, 11) is 3.35. The second-order valence-corrected chi connectivity index (χ2v) is 10.7. The minimum atomic E-state index is -2.04. The average Bonchev–Trinajstić information content (AvgIpc) is 3.74. The van der Waals surface area contributed by atoms with Crippen molar-refractivity contribution in [3.8, 4) is 28.6 Å². The summed E-state index contributed by atoms with van der Waals surface area (Å²) < 4.78 is 39.3. The molecule has 1 fully saturated rings. The minimum Gasteiger partial charge on any atom is -0.383 e. The van der Waals surface area contributed by atoms with E-state index in [1.54, 1.807) is 29.1 Å². The molecule has 0 saturated heterocycles. The molecule has 0 radical (unpaired) electrons. The molecule has 43 heavy (non-hydrogen) atoms. The average molecular weight is 576 g/mol. The summed E-state index contributed by atoms with van der Waals surface area (Å²) in [5.41, 5.74) is 4.41. The van der Waals surface area contributed by atoms with Crippen molar-refractivity contribution in [3.05, 3.63) is 89.1 Å². The molecule has 1 aliphatic carbocycles. The molecule has 1 amide bonds. The number of carbonyl (C=O) groups excluding carboxylic acids is 1. The van der Waals surface area contributed by atoms with Gasteiger partial charge in [0.25, 0.3) is 5.91 Å². The van der Waals surface area contributed by atoms with Crippen molar-refractivity contribution in [2.45, 2.75) is 25.3 Å². The summed E-state index contributed by atoms with van der Waals surface area (Å²) >= 11 is 0. The van der Waals surface area contributed by atoms with E-state index in [4.69, 9.17) is 12.5 Å². The molecule has 7 rings (SSSR count). The van der Waals surface area contributed by atoms with Crippen molar-refractivity contribution in [1.82, 2.24) is 25.1 Å². The number of rotatable bonds is 9. The number of anilines is 2. The van der Waals surface area contributed by atoms with Crippen LogP contribution in [0.15, 0.2) is 60.9 Å². The first-order valence-electron chi connectivity index (χ1n) is 15.0. The lowest BCUT2D eigenvalue weighted by Crippen LogP contribution is -2.23. The number of amides is 1. The summed E-state index contributed by atoms with van der Waals surface area (Å²) in [4.78, 5) is 20.6. The molecule has 214 valence electrons. The van der Waals surface area contributed by atoms with E-state index in [-0.39, 0.29) is 35.6 Å². The molecule has 1 aliphatic heterocycles. The molecular weight excluding hydrogens is 545 g/mol. The maximum absolute atomic E-state index is 15.3. The molecule has 2 aromatic heterocycles. The second-order valence-electron chi connectivity index (χ2n) is 10.7. The lowest BCUT2D eigenvalue weighted by molar-refractivity contribution is 0.100. The Hall–Kier alpha value is -4.98. The molecule has 0 unspecified atom stereocenters. The van der Waals surface area contributed by atoms with Gasteiger partial charge in [0.15, 0.2) is 5.82 Å². The van der Waals surface area contributed by atoms with Gasteiger partial charge in [0.2, 0.25) is 0 Å². The lowest BCUT2D eigenvalue weighted by Gasteiger charge is -2.20. The molecule has 3 heterocycles. The van der Waals surface area contributed by atoms with Gasteiger partial charge >= 0.3 is 0 Å². The highest BCUT2D eigenvalue weighted by Crippen LogP contribution is 2.46. The van der Waals surface area contributed by atoms with Crippen LogP contribution in [0.25, 0.3) is 33.3 Å². The number of methoxy groups -OCH3 is 1. The van der Waals surface area contributed by atoms with Gasteiger partial charge in [0.1, 0.15) is 18.0 Å². The largest absolute Gasteiger partial charge is 0.383 e. The zero-order chi connectivity index (χ0) is 31.5. The van der Waals surface area contributed by atoms with Gasteiger partial charge in [-0.05, 0) is 78.1 Å². The van der Waals surface area contributed by atoms with E-state index in [0.717, 1.165) is 29.7 Å². The first kappa shape index (κ1) is 24.6. The highest BCUT2D eigenvalue weighted by atomic mass is 19.1. The Morgan fingerprint density at radius 1 is 1.14 bits per heavy atom. The Morgan fingerprint density at radius 2 is 2.00 bits per heavy atom. The molecule has 1 N–H and O–H groups in total. The zero-order valence-electron chi connectivity index (χ0n) is 25.6. The summed E-state index contributed by atoms with van der Waals surface area (Å²) in [6.07, 6.45) is 3.54. The van der Waals surface area contributed by atoms with Crippen LogP contribution in [-0.2, 0) is 18.3 Å². The number of aryl methyl sites for hydroxylation is 1. The number of pyridine rings is 1. The fraction of sp³-hybridized carbons (Fsp3) is 0.242. The number of hydrogen-bond acceptors (Lipinski definition) is 7. The third-order valence-electron chi connectivity index (χ3n) is 7.85. The SMILES string of the molecule is [2H]C([2H])(NCCOC)c1cc2c3c(ccc(F)c3c1)N(c1cc(-c3ccc(C#N)cc3-c3nncn3C)cc(C3CC3)n1)C2=O. The number of nitriles is 1. The molecule has 2 aliphatic rings. The van der Waals surface area contributed by atoms with Crippen LogP contribution in [0.1, 0.15) is 48.7 Å². The van der Waals surface area contributed by atoms with Crippen molar-refractivity contribution >= 4 is 28.2 Å². The van der Waals surface area contributed by atoms with E-state index < -0.39 is 18.2 Å². The summed E-state index contributed by atoms with van der Waals surface area (Å²) in [5.74, 6) is 0.227. The summed E-state index contributed by atoms with van der Waals surface area (Å²) in [6, 6.07) is 17.2. The molecule has 0 bridgehead atoms. The number of nitrogens with zero attached hydrogens (tertiary/aromatic N) is 6. The Bertz CT molecular complexity index is 2050. The maximum Gasteiger partial charge on any atom is 0.264 e. The Morgan fingerprint density at radius 3 is 2.74 bits per heavy atom. The van der Waals surface area contributed by atoms with E-state index in [1.807, 2.05) is 25.2 Å². The Kier molecular flexibility index (Phi) is 6.12. The van der Waals surface area contributed by atoms with Crippen LogP contribution < -0.4 is 10.2 Å². The number of halogens is 1. The number of nitrogens with one attached hydrogen (secondary N) is 1. The first-order chi connectivity index (χ1) is 21.7. The number of carbonyl (C=O) groups is 1. The van der Waals surface area contributed by atoms with Gasteiger partial charge in [0.05, 0.1) is 29.5 Å². The van der Waals surface area contributed by atoms with Crippen LogP contribution in [0.4, 0.5) is 15.9 Å². The first-order valence-corrected chi connectivity index (χ1v) is 14.0. The van der Waals surface area contributed by atoms with Gasteiger partial charge in [-0.3, -0.25) is 9.69 Å². The van der Waals surface area contributed by atoms with Gasteiger partial charge in [0, 0.05) is 57.9 Å². The third kappa shape index (κ3) is 4.73. The molecular formula is C33H28FN7O2. The maximum atomic E-state index is 15.3. The van der Waals surface area contributed by atoms with Gasteiger partial charge in [-0.1, -0.05) is 6.07 Å². The number of ether oxygens (including phenoxy) is 1. The predicted octanol–water partition coefficient (Wildman–Crippen LogP) is 5.61. The van der Waals surface area contributed by atoms with Crippen molar-refractivity contribution in [2.24, 2.45) is 7.05 Å². The van der Waals surface area contributed by atoms with Crippen molar-refractivity contribution in [1.29, 1.82) is 5.26 Å². The zero-order valence-corrected chi connectivity index (χ0v) is 23.6. The van der Waals surface area contributed by atoms with E-state index in [9.17, 15) is 10.1 Å². The third-order valence-corrected chi connectivity index (χ3v) is 7.85. The molecule has 5 aromatic rings. The molecule has 1 saturated carbocycles. The number of aromatic nitrogens is 4. The van der Waals surface area contributed by atoms with Gasteiger partial charge in [-0.2, -0.15) is 5.26 Å². The minimum absolute atomic E-state index is 0.138. The second kappa shape index (κ2) is 10.7. The molecule has 10 heteroatoms. The number of hydrogen-bond donors (Lipinski definition) is 1. The van der Waals surface area contributed by atoms with Crippen LogP contribution >= 0.6 is 0 Å². The van der Waals surface area contributed by atoms with E-state index in [1.165, 1.54) is 30.2 Å². The van der Waals surface area contributed by atoms with Crippen LogP contribution in [0.3, 0.4) is 0 Å². The van der Waals surface area contributed by atoms with Gasteiger partial charge < -0.3 is 14.6 Å². The fourth-order valence-corrected chi connectivity index (χ4v) is 5.61. The van der Waals surface area contributed by atoms with Crippen LogP contribution in [0.2, 0.25) is 0 Å². The monoisotopic (exact) mass is 575 g/mol. The van der Waals surface area contributed by atoms with Crippen molar-refractivity contribution < 1.29 is 16.7 Å². The van der Waals surface area contributed by atoms with Crippen LogP contribution in [0.5, 0.6) is 0 Å². The predicted molar refractivity (Wildman–Crippen MR) is 160 cm³/mol. The van der Waals surface area contributed by atoms with Crippen molar-refractivity contribution in [2.75, 3.05) is 25.2 Å². The Labute approximate surface area is 250 Å². The van der Waals surface area contributed by atoms with E-state index >= 15 is 4.39 Å². The van der Waals surface area contributed by atoms with Gasteiger partial charge in [-0.15, -0.1) is 10.2 Å². The smallest absolute Gasteiger partial charge is 0.264 e. The number of benzene rings is 3. The fourth-order valence-electron chi connectivity index (χ4n) is 5.61. The van der Waals surface area contributed by atoms with E-state index in [0.29, 0.717) is 33.8 Å². The lowest BCUT2D eigenvalue weighted by atomic mass is 9.96.